The van der Waals surface area contributed by atoms with Crippen LogP contribution < -0.4 is 14.8 Å². The Bertz CT molecular complexity index is 1110. The summed E-state index contributed by atoms with van der Waals surface area (Å²) in [6, 6.07) is 3.81. The maximum absolute atomic E-state index is 13.9. The first-order valence-corrected chi connectivity index (χ1v) is 12.0. The van der Waals surface area contributed by atoms with Crippen LogP contribution in [0.2, 0.25) is 0 Å². The van der Waals surface area contributed by atoms with Gasteiger partial charge in [-0.1, -0.05) is 27.2 Å². The van der Waals surface area contributed by atoms with Crippen molar-refractivity contribution < 1.29 is 14.3 Å². The first-order valence-electron chi connectivity index (χ1n) is 12.0. The third kappa shape index (κ3) is 2.49. The highest BCUT2D eigenvalue weighted by Crippen LogP contribution is 2.70. The van der Waals surface area contributed by atoms with Crippen LogP contribution in [-0.2, 0) is 15.6 Å². The zero-order valence-corrected chi connectivity index (χ0v) is 19.3. The lowest BCUT2D eigenvalue weighted by molar-refractivity contribution is -0.130. The van der Waals surface area contributed by atoms with E-state index < -0.39 is 5.41 Å². The molecule has 1 aromatic carbocycles. The van der Waals surface area contributed by atoms with Crippen LogP contribution in [0.1, 0.15) is 64.3 Å². The number of likely N-dealkylation sites (tertiary alicyclic amines) is 1. The van der Waals surface area contributed by atoms with E-state index in [1.54, 1.807) is 0 Å². The highest BCUT2D eigenvalue weighted by atomic mass is 16.7. The lowest BCUT2D eigenvalue weighted by atomic mass is 9.63. The van der Waals surface area contributed by atoms with Gasteiger partial charge in [0.25, 0.3) is 0 Å². The normalized spacial score (nSPS) is 30.0. The molecule has 2 bridgehead atoms. The summed E-state index contributed by atoms with van der Waals surface area (Å²) < 4.78 is 11.1. The molecule has 2 aliphatic heterocycles. The molecule has 4 aliphatic rings. The summed E-state index contributed by atoms with van der Waals surface area (Å²) in [5.41, 5.74) is 2.29. The summed E-state index contributed by atoms with van der Waals surface area (Å²) >= 11 is 0. The lowest BCUT2D eigenvalue weighted by Gasteiger charge is -2.39. The largest absolute Gasteiger partial charge is 0.454 e. The fourth-order valence-electron chi connectivity index (χ4n) is 6.66. The SMILES string of the molecule is CC12CCC(C(=O)NCCN3CCCCC3)(c3nc4cc5c(cc4nc31)OCO5)C2(C)C. The van der Waals surface area contributed by atoms with Crippen LogP contribution in [-0.4, -0.2) is 53.7 Å². The summed E-state index contributed by atoms with van der Waals surface area (Å²) in [6.45, 7) is 10.8. The average Bonchev–Trinajstić information content (AvgIpc) is 3.36. The molecule has 1 aromatic heterocycles. The molecule has 2 fully saturated rings. The van der Waals surface area contributed by atoms with E-state index in [2.05, 4.69) is 31.0 Å². The number of aromatic nitrogens is 2. The Hall–Kier alpha value is -2.41. The summed E-state index contributed by atoms with van der Waals surface area (Å²) in [5.74, 6) is 1.52. The Labute approximate surface area is 188 Å². The third-order valence-electron chi connectivity index (χ3n) is 9.08. The minimum Gasteiger partial charge on any atom is -0.454 e. The van der Waals surface area contributed by atoms with E-state index in [4.69, 9.17) is 19.4 Å². The van der Waals surface area contributed by atoms with E-state index in [0.29, 0.717) is 18.0 Å². The second kappa shape index (κ2) is 6.80. The molecule has 1 saturated heterocycles. The number of carbonyl (C=O) groups excluding carboxylic acids is 1. The number of nitrogens with zero attached hydrogens (tertiary/aromatic N) is 3. The maximum Gasteiger partial charge on any atom is 0.232 e. The molecule has 2 aliphatic carbocycles. The molecule has 170 valence electrons. The van der Waals surface area contributed by atoms with E-state index in [-0.39, 0.29) is 23.5 Å². The average molecular weight is 437 g/mol. The van der Waals surface area contributed by atoms with Crippen molar-refractivity contribution in [1.82, 2.24) is 20.2 Å². The van der Waals surface area contributed by atoms with Gasteiger partial charge in [0.05, 0.1) is 27.8 Å². The number of piperidine rings is 1. The number of carbonyl (C=O) groups is 1. The second-order valence-corrected chi connectivity index (χ2v) is 10.6. The van der Waals surface area contributed by atoms with Crippen molar-refractivity contribution in [2.45, 2.75) is 63.7 Å². The van der Waals surface area contributed by atoms with Gasteiger partial charge in [-0.25, -0.2) is 9.97 Å². The van der Waals surface area contributed by atoms with Crippen LogP contribution in [0.5, 0.6) is 11.5 Å². The Morgan fingerprint density at radius 3 is 2.34 bits per heavy atom. The van der Waals surface area contributed by atoms with Gasteiger partial charge in [-0.15, -0.1) is 0 Å². The third-order valence-corrected chi connectivity index (χ3v) is 9.08. The maximum atomic E-state index is 13.9. The molecule has 7 nitrogen and oxygen atoms in total. The summed E-state index contributed by atoms with van der Waals surface area (Å²) in [5, 5.41) is 3.30. The monoisotopic (exact) mass is 436 g/mol. The van der Waals surface area contributed by atoms with Gasteiger partial charge in [0.1, 0.15) is 0 Å². The van der Waals surface area contributed by atoms with Crippen LogP contribution in [0, 0.1) is 5.41 Å². The predicted molar refractivity (Wildman–Crippen MR) is 121 cm³/mol. The molecule has 3 heterocycles. The fraction of sp³-hybridized carbons (Fsp3) is 0.640. The van der Waals surface area contributed by atoms with Gasteiger partial charge in [-0.3, -0.25) is 4.79 Å². The first-order chi connectivity index (χ1) is 15.4. The molecule has 0 radical (unpaired) electrons. The molecule has 2 atom stereocenters. The first kappa shape index (κ1) is 20.2. The fourth-order valence-corrected chi connectivity index (χ4v) is 6.66. The number of fused-ring (bicyclic) bond motifs is 7. The molecule has 1 saturated carbocycles. The second-order valence-electron chi connectivity index (χ2n) is 10.6. The highest BCUT2D eigenvalue weighted by molar-refractivity contribution is 5.93. The molecule has 2 unspecified atom stereocenters. The number of benzene rings is 1. The van der Waals surface area contributed by atoms with Gasteiger partial charge in [0.15, 0.2) is 11.5 Å². The van der Waals surface area contributed by atoms with Gasteiger partial charge in [-0.05, 0) is 44.2 Å². The summed E-state index contributed by atoms with van der Waals surface area (Å²) in [4.78, 5) is 26.5. The van der Waals surface area contributed by atoms with Gasteiger partial charge >= 0.3 is 0 Å². The Morgan fingerprint density at radius 2 is 1.66 bits per heavy atom. The van der Waals surface area contributed by atoms with Crippen LogP contribution in [0.25, 0.3) is 11.0 Å². The van der Waals surface area contributed by atoms with Crippen molar-refractivity contribution in [3.63, 3.8) is 0 Å². The van der Waals surface area contributed by atoms with E-state index in [9.17, 15) is 4.79 Å². The van der Waals surface area contributed by atoms with E-state index >= 15 is 0 Å². The summed E-state index contributed by atoms with van der Waals surface area (Å²) in [6.07, 6.45) is 5.60. The molecular formula is C25H32N4O3. The lowest BCUT2D eigenvalue weighted by Crippen LogP contribution is -2.52. The Morgan fingerprint density at radius 1 is 1.00 bits per heavy atom. The van der Waals surface area contributed by atoms with Gasteiger partial charge in [0.2, 0.25) is 12.7 Å². The van der Waals surface area contributed by atoms with Crippen molar-refractivity contribution in [2.75, 3.05) is 33.0 Å². The number of nitrogens with one attached hydrogen (secondary N) is 1. The minimum atomic E-state index is -0.656. The smallest absolute Gasteiger partial charge is 0.232 e. The number of hydrogen-bond donors (Lipinski definition) is 1. The van der Waals surface area contributed by atoms with Crippen molar-refractivity contribution >= 4 is 16.9 Å². The number of hydrogen-bond acceptors (Lipinski definition) is 6. The molecule has 7 heteroatoms. The van der Waals surface area contributed by atoms with Crippen LogP contribution >= 0.6 is 0 Å². The number of ether oxygens (including phenoxy) is 2. The van der Waals surface area contributed by atoms with Crippen molar-refractivity contribution in [3.05, 3.63) is 23.5 Å². The van der Waals surface area contributed by atoms with Gasteiger partial charge < -0.3 is 19.7 Å². The highest BCUT2D eigenvalue weighted by Gasteiger charge is 2.73. The van der Waals surface area contributed by atoms with Crippen LogP contribution in [0.15, 0.2) is 12.1 Å². The Balaban J connectivity index is 1.37. The van der Waals surface area contributed by atoms with Crippen molar-refractivity contribution in [2.24, 2.45) is 5.41 Å². The zero-order chi connectivity index (χ0) is 22.1. The quantitative estimate of drug-likeness (QED) is 0.793. The predicted octanol–water partition coefficient (Wildman–Crippen LogP) is 3.29. The zero-order valence-electron chi connectivity index (χ0n) is 19.3. The number of rotatable bonds is 4. The molecule has 6 rings (SSSR count). The molecule has 2 aromatic rings. The molecule has 1 amide bonds. The molecule has 1 N–H and O–H groups in total. The topological polar surface area (TPSA) is 76.6 Å². The van der Waals surface area contributed by atoms with E-state index in [0.717, 1.165) is 54.9 Å². The number of amides is 1. The van der Waals surface area contributed by atoms with Crippen molar-refractivity contribution in [3.8, 4) is 11.5 Å². The minimum absolute atomic E-state index is 0.108. The Kier molecular flexibility index (Phi) is 4.29. The van der Waals surface area contributed by atoms with Crippen LogP contribution in [0.3, 0.4) is 0 Å². The van der Waals surface area contributed by atoms with Crippen LogP contribution in [0.4, 0.5) is 0 Å². The van der Waals surface area contributed by atoms with Crippen molar-refractivity contribution in [1.29, 1.82) is 0 Å². The molecular weight excluding hydrogens is 404 g/mol. The molecule has 0 spiro atoms. The van der Waals surface area contributed by atoms with Gasteiger partial charge in [-0.2, -0.15) is 0 Å². The van der Waals surface area contributed by atoms with E-state index in [1.165, 1.54) is 19.3 Å². The molecule has 32 heavy (non-hydrogen) atoms. The van der Waals surface area contributed by atoms with E-state index in [1.807, 2.05) is 12.1 Å². The van der Waals surface area contributed by atoms with Gasteiger partial charge in [0, 0.05) is 30.6 Å². The summed E-state index contributed by atoms with van der Waals surface area (Å²) in [7, 11) is 0. The standard InChI is InChI=1S/C25H32N4O3/c1-23(2)24(3)7-8-25(23,22(30)26-9-12-29-10-5-4-6-11-29)21-20(24)27-16-13-18-19(32-15-31-18)14-17(16)28-21/h13-14H,4-12,15H2,1-3H3,(H,26,30).